The van der Waals surface area contributed by atoms with Crippen LogP contribution in [0.5, 0.6) is 5.75 Å². The maximum atomic E-state index is 6.54. The van der Waals surface area contributed by atoms with E-state index in [-0.39, 0.29) is 0 Å². The van der Waals surface area contributed by atoms with Gasteiger partial charge in [0, 0.05) is 35.1 Å². The SMILES string of the molecule is CNCCn1cc2c(n1)CCc1c-2sc2ncnc(Nc3ccc(OCc4ccccn4)c(Cl)c3)c12. The monoisotopic (exact) mass is 517 g/mol. The number of ether oxygens (including phenoxy) is 1. The van der Waals surface area contributed by atoms with E-state index in [4.69, 9.17) is 21.4 Å². The Morgan fingerprint density at radius 3 is 2.92 bits per heavy atom. The molecule has 0 bridgehead atoms. The van der Waals surface area contributed by atoms with Crippen LogP contribution in [0.1, 0.15) is 17.0 Å². The molecule has 182 valence electrons. The number of rotatable bonds is 8. The van der Waals surface area contributed by atoms with Crippen LogP contribution in [0.25, 0.3) is 20.7 Å². The molecule has 2 N–H and O–H groups in total. The van der Waals surface area contributed by atoms with E-state index in [1.54, 1.807) is 23.9 Å². The molecule has 0 spiro atoms. The van der Waals surface area contributed by atoms with Crippen molar-refractivity contribution in [3.05, 3.63) is 77.1 Å². The standard InChI is InChI=1S/C26H24ClN7OS/c1-28-10-11-34-13-19-21(33-34)7-6-18-23-25(30-15-31-26(23)36-24(18)19)32-16-5-8-22(20(27)12-16)35-14-17-4-2-3-9-29-17/h2-5,8-9,12-13,15,28H,6-7,10-11,14H2,1H3,(H,30,31,32). The van der Waals surface area contributed by atoms with Gasteiger partial charge in [0.15, 0.2) is 0 Å². The molecular formula is C26H24ClN7OS. The van der Waals surface area contributed by atoms with Crippen LogP contribution in [0.15, 0.2) is 55.1 Å². The number of fused-ring (bicyclic) bond motifs is 5. The largest absolute Gasteiger partial charge is 0.486 e. The van der Waals surface area contributed by atoms with Crippen molar-refractivity contribution in [3.8, 4) is 16.2 Å². The maximum Gasteiger partial charge on any atom is 0.142 e. The number of benzene rings is 1. The molecule has 0 unspecified atom stereocenters. The lowest BCUT2D eigenvalue weighted by atomic mass is 9.95. The molecule has 0 saturated heterocycles. The second kappa shape index (κ2) is 9.85. The van der Waals surface area contributed by atoms with Gasteiger partial charge < -0.3 is 15.4 Å². The van der Waals surface area contributed by atoms with E-state index in [0.717, 1.165) is 59.0 Å². The summed E-state index contributed by atoms with van der Waals surface area (Å²) in [7, 11) is 1.96. The summed E-state index contributed by atoms with van der Waals surface area (Å²) in [5.74, 6) is 1.39. The zero-order valence-electron chi connectivity index (χ0n) is 19.7. The van der Waals surface area contributed by atoms with Crippen LogP contribution in [0.3, 0.4) is 0 Å². The molecule has 36 heavy (non-hydrogen) atoms. The van der Waals surface area contributed by atoms with E-state index in [1.165, 1.54) is 16.0 Å². The zero-order chi connectivity index (χ0) is 24.5. The fraction of sp³-hybridized carbons (Fsp3) is 0.231. The van der Waals surface area contributed by atoms with E-state index in [0.29, 0.717) is 17.4 Å². The number of nitrogens with zero attached hydrogens (tertiary/aromatic N) is 5. The summed E-state index contributed by atoms with van der Waals surface area (Å²) in [5.41, 5.74) is 5.32. The molecule has 4 aromatic heterocycles. The van der Waals surface area contributed by atoms with Crippen molar-refractivity contribution in [1.29, 1.82) is 0 Å². The van der Waals surface area contributed by atoms with Crippen LogP contribution < -0.4 is 15.4 Å². The summed E-state index contributed by atoms with van der Waals surface area (Å²) in [6, 6.07) is 11.4. The molecule has 0 radical (unpaired) electrons. The third-order valence-electron chi connectivity index (χ3n) is 6.17. The molecule has 1 aliphatic rings. The van der Waals surface area contributed by atoms with Crippen molar-refractivity contribution in [1.82, 2.24) is 30.0 Å². The highest BCUT2D eigenvalue weighted by Gasteiger charge is 2.26. The molecule has 0 fully saturated rings. The number of nitrogens with one attached hydrogen (secondary N) is 2. The molecule has 0 saturated carbocycles. The normalized spacial score (nSPS) is 12.4. The maximum absolute atomic E-state index is 6.54. The Balaban J connectivity index is 1.27. The van der Waals surface area contributed by atoms with Gasteiger partial charge in [0.2, 0.25) is 0 Å². The third kappa shape index (κ3) is 4.41. The molecule has 10 heteroatoms. The zero-order valence-corrected chi connectivity index (χ0v) is 21.2. The van der Waals surface area contributed by atoms with Crippen LogP contribution in [0, 0.1) is 0 Å². The predicted molar refractivity (Wildman–Crippen MR) is 143 cm³/mol. The fourth-order valence-corrected chi connectivity index (χ4v) is 5.89. The highest BCUT2D eigenvalue weighted by Crippen LogP contribution is 2.45. The molecule has 1 aliphatic carbocycles. The number of pyridine rings is 1. The molecular weight excluding hydrogens is 494 g/mol. The first-order chi connectivity index (χ1) is 17.7. The second-order valence-electron chi connectivity index (χ2n) is 8.55. The Labute approximate surface area is 217 Å². The van der Waals surface area contributed by atoms with Gasteiger partial charge in [-0.1, -0.05) is 17.7 Å². The van der Waals surface area contributed by atoms with Crippen LogP contribution >= 0.6 is 22.9 Å². The van der Waals surface area contributed by atoms with Crippen LogP contribution in [-0.4, -0.2) is 38.3 Å². The van der Waals surface area contributed by atoms with Crippen molar-refractivity contribution in [2.75, 3.05) is 18.9 Å². The van der Waals surface area contributed by atoms with Gasteiger partial charge in [-0.3, -0.25) is 9.67 Å². The second-order valence-corrected chi connectivity index (χ2v) is 9.95. The molecule has 0 aliphatic heterocycles. The predicted octanol–water partition coefficient (Wildman–Crippen LogP) is 5.24. The number of hydrogen-bond donors (Lipinski definition) is 2. The van der Waals surface area contributed by atoms with Gasteiger partial charge >= 0.3 is 0 Å². The Hall–Kier alpha value is -3.53. The lowest BCUT2D eigenvalue weighted by Gasteiger charge is -2.13. The minimum Gasteiger partial charge on any atom is -0.486 e. The number of aryl methyl sites for hydroxylation is 2. The number of aromatic nitrogens is 5. The van der Waals surface area contributed by atoms with Gasteiger partial charge in [0.25, 0.3) is 0 Å². The fourth-order valence-electron chi connectivity index (χ4n) is 4.43. The molecule has 5 aromatic rings. The van der Waals surface area contributed by atoms with Gasteiger partial charge in [0.05, 0.1) is 28.3 Å². The molecule has 8 nitrogen and oxygen atoms in total. The quantitative estimate of drug-likeness (QED) is 0.291. The van der Waals surface area contributed by atoms with Gasteiger partial charge in [-0.25, -0.2) is 9.97 Å². The summed E-state index contributed by atoms with van der Waals surface area (Å²) in [6.07, 6.45) is 7.33. The van der Waals surface area contributed by atoms with Crippen molar-refractivity contribution >= 4 is 44.7 Å². The van der Waals surface area contributed by atoms with E-state index < -0.39 is 0 Å². The molecule has 0 amide bonds. The summed E-state index contributed by atoms with van der Waals surface area (Å²) < 4.78 is 7.89. The Morgan fingerprint density at radius 1 is 1.14 bits per heavy atom. The minimum absolute atomic E-state index is 0.356. The Bertz CT molecular complexity index is 1530. The van der Waals surface area contributed by atoms with E-state index in [2.05, 4.69) is 31.8 Å². The Kier molecular flexibility index (Phi) is 6.27. The highest BCUT2D eigenvalue weighted by molar-refractivity contribution is 7.22. The molecule has 6 rings (SSSR count). The smallest absolute Gasteiger partial charge is 0.142 e. The molecule has 0 atom stereocenters. The van der Waals surface area contributed by atoms with Crippen molar-refractivity contribution < 1.29 is 4.74 Å². The van der Waals surface area contributed by atoms with Crippen molar-refractivity contribution in [3.63, 3.8) is 0 Å². The first kappa shape index (κ1) is 22.9. The number of halogens is 1. The molecule has 1 aromatic carbocycles. The summed E-state index contributed by atoms with van der Waals surface area (Å²) in [5, 5.41) is 13.0. The average molecular weight is 518 g/mol. The van der Waals surface area contributed by atoms with E-state index in [1.807, 2.05) is 48.1 Å². The lowest BCUT2D eigenvalue weighted by molar-refractivity contribution is 0.301. The topological polar surface area (TPSA) is 89.8 Å². The van der Waals surface area contributed by atoms with Gasteiger partial charge in [-0.15, -0.1) is 11.3 Å². The van der Waals surface area contributed by atoms with Gasteiger partial charge in [0.1, 0.15) is 29.3 Å². The number of hydrogen-bond acceptors (Lipinski definition) is 8. The van der Waals surface area contributed by atoms with Crippen molar-refractivity contribution in [2.24, 2.45) is 0 Å². The van der Waals surface area contributed by atoms with Crippen LogP contribution in [-0.2, 0) is 26.0 Å². The number of likely N-dealkylation sites (N-methyl/N-ethyl adjacent to an activating group) is 1. The molecule has 4 heterocycles. The van der Waals surface area contributed by atoms with Crippen LogP contribution in [0.4, 0.5) is 11.5 Å². The summed E-state index contributed by atoms with van der Waals surface area (Å²) in [6.45, 7) is 2.09. The van der Waals surface area contributed by atoms with Crippen LogP contribution in [0.2, 0.25) is 5.02 Å². The minimum atomic E-state index is 0.356. The van der Waals surface area contributed by atoms with E-state index >= 15 is 0 Å². The lowest BCUT2D eigenvalue weighted by Crippen LogP contribution is -2.15. The average Bonchev–Trinajstić information content (AvgIpc) is 3.49. The third-order valence-corrected chi connectivity index (χ3v) is 7.64. The summed E-state index contributed by atoms with van der Waals surface area (Å²) in [4.78, 5) is 15.7. The van der Waals surface area contributed by atoms with Gasteiger partial charge in [-0.2, -0.15) is 5.10 Å². The number of anilines is 2. The van der Waals surface area contributed by atoms with Gasteiger partial charge in [-0.05, 0) is 55.8 Å². The van der Waals surface area contributed by atoms with E-state index in [9.17, 15) is 0 Å². The number of thiophene rings is 1. The first-order valence-corrected chi connectivity index (χ1v) is 13.0. The van der Waals surface area contributed by atoms with Crippen molar-refractivity contribution in [2.45, 2.75) is 26.0 Å². The summed E-state index contributed by atoms with van der Waals surface area (Å²) >= 11 is 8.24. The Morgan fingerprint density at radius 2 is 2.08 bits per heavy atom. The highest BCUT2D eigenvalue weighted by atomic mass is 35.5. The first-order valence-electron chi connectivity index (χ1n) is 11.8.